The third kappa shape index (κ3) is 5.23. The van der Waals surface area contributed by atoms with Crippen LogP contribution in [0, 0.1) is 12.8 Å². The van der Waals surface area contributed by atoms with E-state index in [-0.39, 0.29) is 23.2 Å². The molecule has 1 heterocycles. The van der Waals surface area contributed by atoms with Crippen molar-refractivity contribution in [1.82, 2.24) is 4.98 Å². The van der Waals surface area contributed by atoms with Gasteiger partial charge in [0.25, 0.3) is 0 Å². The second kappa shape index (κ2) is 10.3. The first kappa shape index (κ1) is 24.1. The Hall–Kier alpha value is -2.60. The smallest absolute Gasteiger partial charge is 0.167 e. The van der Waals surface area contributed by atoms with Crippen LogP contribution in [-0.4, -0.2) is 31.6 Å². The quantitative estimate of drug-likeness (QED) is 0.558. The Kier molecular flexibility index (Phi) is 7.77. The Morgan fingerprint density at radius 2 is 1.81 bits per heavy atom. The number of aryl methyl sites for hydroxylation is 3. The van der Waals surface area contributed by atoms with E-state index in [1.165, 1.54) is 13.1 Å². The van der Waals surface area contributed by atoms with Crippen molar-refractivity contribution in [2.24, 2.45) is 5.92 Å². The summed E-state index contributed by atoms with van der Waals surface area (Å²) >= 11 is 0. The molecular weight excluding hydrogens is 422 g/mol. The molecule has 0 saturated heterocycles. The molecule has 2 aromatic rings. The molecule has 170 valence electrons. The summed E-state index contributed by atoms with van der Waals surface area (Å²) in [5, 5.41) is 11.3. The number of allylic oxidation sites excluding steroid dienone is 2. The fraction of sp³-hybridized carbons (Fsp3) is 0.423. The lowest BCUT2D eigenvalue weighted by molar-refractivity contribution is -0.115. The summed E-state index contributed by atoms with van der Waals surface area (Å²) < 4.78 is 12.6. The summed E-state index contributed by atoms with van der Waals surface area (Å²) in [6.07, 6.45) is 4.35. The Balaban J connectivity index is 1.75. The maximum absolute atomic E-state index is 13.1. The average molecular weight is 454 g/mol. The first-order valence-electron chi connectivity index (χ1n) is 11.2. The Labute approximate surface area is 192 Å². The third-order valence-corrected chi connectivity index (χ3v) is 7.38. The topological polar surface area (TPSA) is 84.3 Å². The maximum atomic E-state index is 13.1. The molecule has 1 N–H and O–H groups in total. The lowest BCUT2D eigenvalue weighted by Gasteiger charge is -2.26. The van der Waals surface area contributed by atoms with Crippen LogP contribution >= 0.6 is 0 Å². The Morgan fingerprint density at radius 1 is 1.16 bits per heavy atom. The first-order valence-corrected chi connectivity index (χ1v) is 12.5. The van der Waals surface area contributed by atoms with Gasteiger partial charge >= 0.3 is 0 Å². The van der Waals surface area contributed by atoms with Crippen LogP contribution in [0.2, 0.25) is 0 Å². The molecule has 2 unspecified atom stereocenters. The summed E-state index contributed by atoms with van der Waals surface area (Å²) in [7, 11) is -1.32. The van der Waals surface area contributed by atoms with Crippen molar-refractivity contribution in [1.29, 1.82) is 0 Å². The molecule has 1 aromatic carbocycles. The molecule has 0 fully saturated rings. The zero-order valence-electron chi connectivity index (χ0n) is 19.2. The fourth-order valence-corrected chi connectivity index (χ4v) is 5.53. The van der Waals surface area contributed by atoms with Crippen LogP contribution in [-0.2, 0) is 28.4 Å². The minimum atomic E-state index is -1.32. The highest BCUT2D eigenvalue weighted by atomic mass is 32.2. The second-order valence-electron chi connectivity index (χ2n) is 8.46. The molecule has 0 saturated carbocycles. The van der Waals surface area contributed by atoms with Gasteiger partial charge in [-0.1, -0.05) is 31.5 Å². The summed E-state index contributed by atoms with van der Waals surface area (Å²) in [5.41, 5.74) is 5.21. The van der Waals surface area contributed by atoms with Gasteiger partial charge in [-0.05, 0) is 67.9 Å². The lowest BCUT2D eigenvalue weighted by atomic mass is 9.79. The molecular formula is C26H31NO4S. The van der Waals surface area contributed by atoms with E-state index < -0.39 is 10.8 Å². The summed E-state index contributed by atoms with van der Waals surface area (Å²) in [6.45, 7) is 7.65. The minimum Gasteiger partial charge on any atom is -0.512 e. The molecule has 2 atom stereocenters. The van der Waals surface area contributed by atoms with E-state index in [4.69, 9.17) is 0 Å². The number of Topliss-reactive ketones (excluding diaryl/α,β-unsaturated/α-hetero) is 2. The number of benzene rings is 1. The second-order valence-corrected chi connectivity index (χ2v) is 9.98. The van der Waals surface area contributed by atoms with Gasteiger partial charge in [-0.25, -0.2) is 4.98 Å². The van der Waals surface area contributed by atoms with Gasteiger partial charge in [-0.3, -0.25) is 13.8 Å². The number of nitrogens with zero attached hydrogens (tertiary/aromatic N) is 1. The number of ketones is 2. The minimum absolute atomic E-state index is 0.0401. The van der Waals surface area contributed by atoms with Gasteiger partial charge in [-0.2, -0.15) is 0 Å². The molecule has 0 bridgehead atoms. The van der Waals surface area contributed by atoms with E-state index in [0.29, 0.717) is 41.2 Å². The van der Waals surface area contributed by atoms with Gasteiger partial charge in [-0.15, -0.1) is 0 Å². The van der Waals surface area contributed by atoms with Crippen LogP contribution in [0.4, 0.5) is 0 Å². The molecule has 0 radical (unpaired) electrons. The maximum Gasteiger partial charge on any atom is 0.167 e. The van der Waals surface area contributed by atoms with Gasteiger partial charge in [0.2, 0.25) is 0 Å². The number of rotatable bonds is 8. The highest BCUT2D eigenvalue weighted by molar-refractivity contribution is 7.84. The number of aromatic nitrogens is 1. The summed E-state index contributed by atoms with van der Waals surface area (Å²) in [5.74, 6) is 0.334. The SMILES string of the molecule is CCc1cc(C)cc(CC)c1C1=C(O)CC(CCS(=O)c2ccc(C(C)=O)cn2)CC1=O. The number of carbonyl (C=O) groups is 2. The molecule has 32 heavy (non-hydrogen) atoms. The summed E-state index contributed by atoms with van der Waals surface area (Å²) in [6, 6.07) is 7.44. The van der Waals surface area contributed by atoms with Crippen molar-refractivity contribution in [3.63, 3.8) is 0 Å². The fourth-order valence-electron chi connectivity index (χ4n) is 4.38. The van der Waals surface area contributed by atoms with E-state index in [1.54, 1.807) is 12.1 Å². The molecule has 3 rings (SSSR count). The Bertz CT molecular complexity index is 1060. The van der Waals surface area contributed by atoms with Crippen molar-refractivity contribution in [3.05, 3.63) is 64.0 Å². The number of hydrogen-bond acceptors (Lipinski definition) is 5. The van der Waals surface area contributed by atoms with E-state index in [9.17, 15) is 18.9 Å². The molecule has 0 aliphatic heterocycles. The van der Waals surface area contributed by atoms with Crippen molar-refractivity contribution in [3.8, 4) is 0 Å². The van der Waals surface area contributed by atoms with E-state index in [2.05, 4.69) is 37.9 Å². The van der Waals surface area contributed by atoms with Crippen molar-refractivity contribution in [2.75, 3.05) is 5.75 Å². The molecule has 1 aromatic heterocycles. The van der Waals surface area contributed by atoms with Crippen LogP contribution in [0.1, 0.15) is 72.6 Å². The van der Waals surface area contributed by atoms with E-state index in [0.717, 1.165) is 35.1 Å². The molecule has 5 nitrogen and oxygen atoms in total. The van der Waals surface area contributed by atoms with Crippen LogP contribution in [0.5, 0.6) is 0 Å². The van der Waals surface area contributed by atoms with Gasteiger partial charge in [0.1, 0.15) is 10.8 Å². The van der Waals surface area contributed by atoms with Gasteiger partial charge in [0.05, 0.1) is 16.4 Å². The van der Waals surface area contributed by atoms with Gasteiger partial charge in [0.15, 0.2) is 11.6 Å². The predicted octanol–water partition coefficient (Wildman–Crippen LogP) is 5.16. The number of carbonyl (C=O) groups excluding carboxylic acids is 2. The number of pyridine rings is 1. The highest BCUT2D eigenvalue weighted by Crippen LogP contribution is 2.37. The van der Waals surface area contributed by atoms with Crippen molar-refractivity contribution < 1.29 is 18.9 Å². The standard InChI is InChI=1S/C26H31NO4S/c1-5-19-11-16(3)12-20(6-2)25(19)26-22(29)13-18(14-23(26)30)9-10-32(31)24-8-7-21(15-27-24)17(4)28/h7-8,11-12,15,18,29H,5-6,9-10,13-14H2,1-4H3. The van der Waals surface area contributed by atoms with Crippen molar-refractivity contribution in [2.45, 2.75) is 64.8 Å². The number of aliphatic hydroxyl groups is 1. The van der Waals surface area contributed by atoms with Crippen LogP contribution in [0.15, 0.2) is 41.2 Å². The van der Waals surface area contributed by atoms with Crippen LogP contribution < -0.4 is 0 Å². The van der Waals surface area contributed by atoms with Gasteiger partial charge in [0, 0.05) is 30.4 Å². The summed E-state index contributed by atoms with van der Waals surface area (Å²) in [4.78, 5) is 28.6. The van der Waals surface area contributed by atoms with Crippen LogP contribution in [0.25, 0.3) is 5.57 Å². The Morgan fingerprint density at radius 3 is 2.31 bits per heavy atom. The predicted molar refractivity (Wildman–Crippen MR) is 127 cm³/mol. The number of hydrogen-bond donors (Lipinski definition) is 1. The number of aliphatic hydroxyl groups excluding tert-OH is 1. The highest BCUT2D eigenvalue weighted by Gasteiger charge is 2.31. The average Bonchev–Trinajstić information content (AvgIpc) is 2.77. The van der Waals surface area contributed by atoms with Crippen LogP contribution in [0.3, 0.4) is 0 Å². The third-order valence-electron chi connectivity index (χ3n) is 6.07. The normalized spacial score (nSPS) is 17.5. The van der Waals surface area contributed by atoms with Crippen molar-refractivity contribution >= 4 is 27.9 Å². The molecule has 1 aliphatic rings. The molecule has 0 spiro atoms. The zero-order chi connectivity index (χ0) is 23.4. The molecule has 0 amide bonds. The van der Waals surface area contributed by atoms with E-state index in [1.807, 2.05) is 0 Å². The largest absolute Gasteiger partial charge is 0.512 e. The first-order chi connectivity index (χ1) is 15.2. The molecule has 1 aliphatic carbocycles. The zero-order valence-corrected chi connectivity index (χ0v) is 20.1. The lowest BCUT2D eigenvalue weighted by Crippen LogP contribution is -2.22. The monoisotopic (exact) mass is 453 g/mol. The molecule has 6 heteroatoms. The van der Waals surface area contributed by atoms with E-state index >= 15 is 0 Å². The van der Waals surface area contributed by atoms with Gasteiger partial charge < -0.3 is 5.11 Å².